The van der Waals surface area contributed by atoms with Crippen molar-refractivity contribution >= 4 is 5.91 Å². The summed E-state index contributed by atoms with van der Waals surface area (Å²) in [6.45, 7) is 3.31. The number of primary amides is 1. The van der Waals surface area contributed by atoms with Crippen LogP contribution in [-0.2, 0) is 17.8 Å². The molecule has 1 amide bonds. The lowest BCUT2D eigenvalue weighted by molar-refractivity contribution is -0.119. The van der Waals surface area contributed by atoms with E-state index in [1.54, 1.807) is 0 Å². The molecular weight excluding hydrogens is 244 g/mol. The van der Waals surface area contributed by atoms with E-state index in [2.05, 4.69) is 11.0 Å². The van der Waals surface area contributed by atoms with E-state index < -0.39 is 0 Å². The molecule has 5 heteroatoms. The second kappa shape index (κ2) is 5.09. The standard InChI is InChI=1S/C14H18N2O3/c15-14(17)9-16-3-2-10-6-12-13(7-11(10)8-16)19-5-1-4-18-12/h6-7H,1-5,8-9H2,(H2,15,17). The van der Waals surface area contributed by atoms with Gasteiger partial charge in [-0.15, -0.1) is 0 Å². The van der Waals surface area contributed by atoms with Crippen LogP contribution in [-0.4, -0.2) is 37.1 Å². The Labute approximate surface area is 112 Å². The fourth-order valence-electron chi connectivity index (χ4n) is 2.63. The van der Waals surface area contributed by atoms with Crippen LogP contribution in [0.2, 0.25) is 0 Å². The van der Waals surface area contributed by atoms with Crippen molar-refractivity contribution < 1.29 is 14.3 Å². The zero-order valence-electron chi connectivity index (χ0n) is 10.9. The van der Waals surface area contributed by atoms with E-state index in [1.807, 2.05) is 6.07 Å². The summed E-state index contributed by atoms with van der Waals surface area (Å²) in [6.07, 6.45) is 1.83. The van der Waals surface area contributed by atoms with Gasteiger partial charge in [-0.05, 0) is 29.7 Å². The summed E-state index contributed by atoms with van der Waals surface area (Å²) in [5, 5.41) is 0. The summed E-state index contributed by atoms with van der Waals surface area (Å²) in [5.41, 5.74) is 7.74. The summed E-state index contributed by atoms with van der Waals surface area (Å²) in [4.78, 5) is 13.1. The summed E-state index contributed by atoms with van der Waals surface area (Å²) in [5.74, 6) is 1.38. The van der Waals surface area contributed by atoms with Gasteiger partial charge in [0.1, 0.15) is 0 Å². The molecule has 0 aliphatic carbocycles. The molecule has 0 saturated heterocycles. The van der Waals surface area contributed by atoms with Crippen LogP contribution in [0.1, 0.15) is 17.5 Å². The maximum atomic E-state index is 11.0. The number of nitrogens with two attached hydrogens (primary N) is 1. The topological polar surface area (TPSA) is 64.8 Å². The molecular formula is C14H18N2O3. The van der Waals surface area contributed by atoms with E-state index in [9.17, 15) is 4.79 Å². The molecule has 2 N–H and O–H groups in total. The van der Waals surface area contributed by atoms with Gasteiger partial charge in [0.05, 0.1) is 19.8 Å². The number of hydrogen-bond acceptors (Lipinski definition) is 4. The number of carbonyl (C=O) groups is 1. The summed E-state index contributed by atoms with van der Waals surface area (Å²) < 4.78 is 11.4. The predicted octanol–water partition coefficient (Wildman–Crippen LogP) is 0.691. The van der Waals surface area contributed by atoms with Crippen molar-refractivity contribution in [1.82, 2.24) is 4.90 Å². The fourth-order valence-corrected chi connectivity index (χ4v) is 2.63. The lowest BCUT2D eigenvalue weighted by Crippen LogP contribution is -2.37. The first kappa shape index (κ1) is 12.3. The normalized spacial score (nSPS) is 18.5. The lowest BCUT2D eigenvalue weighted by Gasteiger charge is -2.28. The van der Waals surface area contributed by atoms with Gasteiger partial charge in [-0.1, -0.05) is 0 Å². The van der Waals surface area contributed by atoms with Gasteiger partial charge in [0, 0.05) is 19.5 Å². The number of nitrogens with zero attached hydrogens (tertiary/aromatic N) is 1. The van der Waals surface area contributed by atoms with Crippen molar-refractivity contribution in [3.05, 3.63) is 23.3 Å². The summed E-state index contributed by atoms with van der Waals surface area (Å²) in [6, 6.07) is 4.13. The van der Waals surface area contributed by atoms with Crippen LogP contribution in [0, 0.1) is 0 Å². The average Bonchev–Trinajstić information content (AvgIpc) is 2.60. The largest absolute Gasteiger partial charge is 0.490 e. The van der Waals surface area contributed by atoms with E-state index >= 15 is 0 Å². The summed E-state index contributed by atoms with van der Waals surface area (Å²) >= 11 is 0. The number of ether oxygens (including phenoxy) is 2. The zero-order valence-corrected chi connectivity index (χ0v) is 10.9. The van der Waals surface area contributed by atoms with Crippen LogP contribution in [0.4, 0.5) is 0 Å². The first-order chi connectivity index (χ1) is 9.22. The van der Waals surface area contributed by atoms with E-state index in [1.165, 1.54) is 11.1 Å². The van der Waals surface area contributed by atoms with E-state index in [4.69, 9.17) is 15.2 Å². The van der Waals surface area contributed by atoms with E-state index in [0.717, 1.165) is 37.4 Å². The van der Waals surface area contributed by atoms with Crippen LogP contribution in [0.5, 0.6) is 11.5 Å². The van der Waals surface area contributed by atoms with Crippen LogP contribution in [0.3, 0.4) is 0 Å². The number of hydrogen-bond donors (Lipinski definition) is 1. The third kappa shape index (κ3) is 2.66. The second-order valence-electron chi connectivity index (χ2n) is 5.05. The number of benzene rings is 1. The lowest BCUT2D eigenvalue weighted by atomic mass is 9.99. The molecule has 1 aromatic rings. The summed E-state index contributed by atoms with van der Waals surface area (Å²) in [7, 11) is 0. The third-order valence-electron chi connectivity index (χ3n) is 3.54. The Kier molecular flexibility index (Phi) is 3.29. The highest BCUT2D eigenvalue weighted by Gasteiger charge is 2.21. The highest BCUT2D eigenvalue weighted by atomic mass is 16.5. The molecule has 102 valence electrons. The minimum absolute atomic E-state index is 0.280. The van der Waals surface area contributed by atoms with Gasteiger partial charge in [-0.3, -0.25) is 9.69 Å². The minimum Gasteiger partial charge on any atom is -0.490 e. The molecule has 0 radical (unpaired) electrons. The van der Waals surface area contributed by atoms with Crippen LogP contribution in [0.25, 0.3) is 0 Å². The Morgan fingerprint density at radius 1 is 1.21 bits per heavy atom. The number of fused-ring (bicyclic) bond motifs is 2. The SMILES string of the molecule is NC(=O)CN1CCc2cc3c(cc2C1)OCCCO3. The van der Waals surface area contributed by atoms with Crippen molar-refractivity contribution in [3.8, 4) is 11.5 Å². The molecule has 0 atom stereocenters. The average molecular weight is 262 g/mol. The molecule has 0 saturated carbocycles. The van der Waals surface area contributed by atoms with Gasteiger partial charge in [0.2, 0.25) is 5.91 Å². The Balaban J connectivity index is 1.84. The van der Waals surface area contributed by atoms with Crippen molar-refractivity contribution in [3.63, 3.8) is 0 Å². The zero-order chi connectivity index (χ0) is 13.2. The Morgan fingerprint density at radius 2 is 1.89 bits per heavy atom. The second-order valence-corrected chi connectivity index (χ2v) is 5.05. The minimum atomic E-state index is -0.280. The van der Waals surface area contributed by atoms with Gasteiger partial charge in [0.15, 0.2) is 11.5 Å². The van der Waals surface area contributed by atoms with Crippen LogP contribution in [0.15, 0.2) is 12.1 Å². The van der Waals surface area contributed by atoms with Gasteiger partial charge in [0.25, 0.3) is 0 Å². The molecule has 0 unspecified atom stereocenters. The number of carbonyl (C=O) groups excluding carboxylic acids is 1. The smallest absolute Gasteiger partial charge is 0.231 e. The Bertz CT molecular complexity index is 502. The molecule has 19 heavy (non-hydrogen) atoms. The van der Waals surface area contributed by atoms with E-state index in [0.29, 0.717) is 19.8 Å². The highest BCUT2D eigenvalue weighted by Crippen LogP contribution is 2.34. The van der Waals surface area contributed by atoms with Crippen molar-refractivity contribution in [2.24, 2.45) is 5.73 Å². The van der Waals surface area contributed by atoms with Gasteiger partial charge in [-0.2, -0.15) is 0 Å². The monoisotopic (exact) mass is 262 g/mol. The maximum Gasteiger partial charge on any atom is 0.231 e. The molecule has 0 aromatic heterocycles. The molecule has 1 aromatic carbocycles. The number of amides is 1. The fraction of sp³-hybridized carbons (Fsp3) is 0.500. The molecule has 2 aliphatic heterocycles. The third-order valence-corrected chi connectivity index (χ3v) is 3.54. The first-order valence-corrected chi connectivity index (χ1v) is 6.64. The molecule has 0 bridgehead atoms. The van der Waals surface area contributed by atoms with Crippen LogP contribution < -0.4 is 15.2 Å². The molecule has 0 fully saturated rings. The Morgan fingerprint density at radius 3 is 2.58 bits per heavy atom. The molecule has 2 aliphatic rings. The van der Waals surface area contributed by atoms with Gasteiger partial charge in [-0.25, -0.2) is 0 Å². The molecule has 0 spiro atoms. The van der Waals surface area contributed by atoms with Crippen molar-refractivity contribution in [2.75, 3.05) is 26.3 Å². The van der Waals surface area contributed by atoms with Gasteiger partial charge >= 0.3 is 0 Å². The van der Waals surface area contributed by atoms with Crippen LogP contribution >= 0.6 is 0 Å². The van der Waals surface area contributed by atoms with Crippen molar-refractivity contribution in [2.45, 2.75) is 19.4 Å². The van der Waals surface area contributed by atoms with Gasteiger partial charge < -0.3 is 15.2 Å². The van der Waals surface area contributed by atoms with E-state index in [-0.39, 0.29) is 5.91 Å². The molecule has 2 heterocycles. The maximum absolute atomic E-state index is 11.0. The van der Waals surface area contributed by atoms with Crippen molar-refractivity contribution in [1.29, 1.82) is 0 Å². The highest BCUT2D eigenvalue weighted by molar-refractivity contribution is 5.76. The first-order valence-electron chi connectivity index (χ1n) is 6.64. The molecule has 5 nitrogen and oxygen atoms in total. The quantitative estimate of drug-likeness (QED) is 0.851. The molecule has 3 rings (SSSR count). The Hall–Kier alpha value is -1.75. The predicted molar refractivity (Wildman–Crippen MR) is 70.2 cm³/mol. The number of rotatable bonds is 2.